The largest absolute Gasteiger partial charge is 0.331 e. The summed E-state index contributed by atoms with van der Waals surface area (Å²) in [7, 11) is 3.67. The molecular weight excluding hydrogens is 306 g/mol. The Kier molecular flexibility index (Phi) is 4.43. The van der Waals surface area contributed by atoms with E-state index in [2.05, 4.69) is 11.0 Å². The third-order valence-electron chi connectivity index (χ3n) is 4.47. The summed E-state index contributed by atoms with van der Waals surface area (Å²) in [6.45, 7) is 3.81. The van der Waals surface area contributed by atoms with E-state index >= 15 is 0 Å². The predicted molar refractivity (Wildman–Crippen MR) is 86.9 cm³/mol. The molecule has 3 aliphatic heterocycles. The number of carbonyl (C=O) groups is 1. The molecule has 116 valence electrons. The van der Waals surface area contributed by atoms with Gasteiger partial charge in [0.2, 0.25) is 0 Å². The Balaban J connectivity index is 1.70. The zero-order valence-electron chi connectivity index (χ0n) is 12.6. The Morgan fingerprint density at radius 2 is 2.14 bits per heavy atom. The van der Waals surface area contributed by atoms with E-state index in [1.54, 1.807) is 16.2 Å². The van der Waals surface area contributed by atoms with E-state index < -0.39 is 0 Å². The summed E-state index contributed by atoms with van der Waals surface area (Å²) in [5, 5.41) is 0. The van der Waals surface area contributed by atoms with Crippen LogP contribution in [0.3, 0.4) is 0 Å². The number of amides is 2. The van der Waals surface area contributed by atoms with Crippen LogP contribution in [0.15, 0.2) is 12.1 Å². The number of urea groups is 1. The molecule has 4 rings (SSSR count). The Morgan fingerprint density at radius 1 is 1.33 bits per heavy atom. The minimum atomic E-state index is 0.146. The molecule has 1 aromatic rings. The summed E-state index contributed by atoms with van der Waals surface area (Å²) in [4.78, 5) is 19.8. The molecule has 2 bridgehead atoms. The summed E-state index contributed by atoms with van der Waals surface area (Å²) in [6, 6.07) is 4.72. The lowest BCUT2D eigenvalue weighted by atomic mass is 9.95. The lowest BCUT2D eigenvalue weighted by Crippen LogP contribution is -2.45. The average Bonchev–Trinajstić information content (AvgIpc) is 2.67. The van der Waals surface area contributed by atoms with Gasteiger partial charge in [-0.05, 0) is 30.9 Å². The lowest BCUT2D eigenvalue weighted by Gasteiger charge is -2.35. The number of fused-ring (bicyclic) bond motifs is 4. The molecule has 3 fully saturated rings. The van der Waals surface area contributed by atoms with Crippen LogP contribution in [0.1, 0.15) is 17.7 Å². The van der Waals surface area contributed by atoms with E-state index in [4.69, 9.17) is 11.6 Å². The smallest absolute Gasteiger partial charge is 0.319 e. The molecule has 0 saturated carbocycles. The molecule has 0 unspecified atom stereocenters. The van der Waals surface area contributed by atoms with Gasteiger partial charge < -0.3 is 9.80 Å². The maximum atomic E-state index is 12.3. The molecule has 2 amide bonds. The number of hydrogen-bond acceptors (Lipinski definition) is 3. The molecule has 0 spiro atoms. The fourth-order valence-corrected chi connectivity index (χ4v) is 4.56. The highest BCUT2D eigenvalue weighted by Gasteiger charge is 2.36. The molecule has 1 aromatic heterocycles. The van der Waals surface area contributed by atoms with Gasteiger partial charge in [-0.3, -0.25) is 4.90 Å². The van der Waals surface area contributed by atoms with Gasteiger partial charge in [0.05, 0.1) is 4.34 Å². The van der Waals surface area contributed by atoms with Crippen LogP contribution in [0.4, 0.5) is 4.79 Å². The Labute approximate surface area is 135 Å². The van der Waals surface area contributed by atoms with E-state index in [0.29, 0.717) is 12.0 Å². The van der Waals surface area contributed by atoms with Crippen molar-refractivity contribution in [3.05, 3.63) is 21.3 Å². The van der Waals surface area contributed by atoms with Gasteiger partial charge >= 0.3 is 6.03 Å². The number of rotatable bonds is 2. The first-order chi connectivity index (χ1) is 10.0. The van der Waals surface area contributed by atoms with Crippen LogP contribution >= 0.6 is 22.9 Å². The SMILES string of the molecule is CN(C)C(=O)N1C[C@@H]2CC[C@H](C1)N(Cc1ccc(Cl)s1)C2. The lowest BCUT2D eigenvalue weighted by molar-refractivity contribution is 0.124. The molecule has 2 atom stereocenters. The van der Waals surface area contributed by atoms with Crippen LogP contribution in [0.25, 0.3) is 0 Å². The molecule has 0 aromatic carbocycles. The number of carbonyl (C=O) groups excluding carboxylic acids is 1. The summed E-state index contributed by atoms with van der Waals surface area (Å²) in [5.74, 6) is 0.600. The Morgan fingerprint density at radius 3 is 2.81 bits per heavy atom. The molecular formula is C15H22ClN3OS. The molecule has 0 N–H and O–H groups in total. The topological polar surface area (TPSA) is 26.8 Å². The van der Waals surface area contributed by atoms with Gasteiger partial charge in [-0.1, -0.05) is 11.6 Å². The summed E-state index contributed by atoms with van der Waals surface area (Å²) >= 11 is 7.69. The molecule has 4 nitrogen and oxygen atoms in total. The van der Waals surface area contributed by atoms with Crippen LogP contribution in [0.5, 0.6) is 0 Å². The third kappa shape index (κ3) is 3.35. The van der Waals surface area contributed by atoms with Crippen LogP contribution in [-0.4, -0.2) is 60.5 Å². The number of nitrogens with zero attached hydrogens (tertiary/aromatic N) is 3. The molecule has 21 heavy (non-hydrogen) atoms. The van der Waals surface area contributed by atoms with Gasteiger partial charge in [0.15, 0.2) is 0 Å². The van der Waals surface area contributed by atoms with Crippen molar-refractivity contribution < 1.29 is 4.79 Å². The number of halogens is 1. The van der Waals surface area contributed by atoms with E-state index in [1.165, 1.54) is 17.7 Å². The van der Waals surface area contributed by atoms with E-state index in [0.717, 1.165) is 30.5 Å². The van der Waals surface area contributed by atoms with Crippen LogP contribution in [0, 0.1) is 5.92 Å². The van der Waals surface area contributed by atoms with Crippen molar-refractivity contribution in [1.82, 2.24) is 14.7 Å². The van der Waals surface area contributed by atoms with Gasteiger partial charge in [0, 0.05) is 51.2 Å². The van der Waals surface area contributed by atoms with Gasteiger partial charge in [-0.2, -0.15) is 0 Å². The van der Waals surface area contributed by atoms with Crippen molar-refractivity contribution in [2.75, 3.05) is 33.7 Å². The molecule has 0 aliphatic carbocycles. The zero-order chi connectivity index (χ0) is 15.0. The average molecular weight is 328 g/mol. The fourth-order valence-electron chi connectivity index (χ4n) is 3.45. The maximum absolute atomic E-state index is 12.3. The molecule has 4 heterocycles. The van der Waals surface area contributed by atoms with Crippen molar-refractivity contribution in [2.45, 2.75) is 25.4 Å². The molecule has 3 saturated heterocycles. The highest BCUT2D eigenvalue weighted by atomic mass is 35.5. The number of thiophene rings is 1. The first kappa shape index (κ1) is 15.1. The van der Waals surface area contributed by atoms with E-state index in [1.807, 2.05) is 25.1 Å². The summed E-state index contributed by atoms with van der Waals surface area (Å²) < 4.78 is 0.856. The summed E-state index contributed by atoms with van der Waals surface area (Å²) in [5.41, 5.74) is 0. The standard InChI is InChI=1S/C15H22ClN3OS/c1-17(2)15(20)19-8-11-3-4-12(9-19)18(7-11)10-13-5-6-14(16)21-13/h5-6,11-12H,3-4,7-10H2,1-2H3/t11-,12-/m1/s1. The summed E-state index contributed by atoms with van der Waals surface area (Å²) in [6.07, 6.45) is 2.44. The molecule has 3 aliphatic rings. The van der Waals surface area contributed by atoms with Crippen molar-refractivity contribution in [1.29, 1.82) is 0 Å². The fraction of sp³-hybridized carbons (Fsp3) is 0.667. The maximum Gasteiger partial charge on any atom is 0.319 e. The number of piperidine rings is 1. The monoisotopic (exact) mass is 327 g/mol. The van der Waals surface area contributed by atoms with Crippen molar-refractivity contribution in [2.24, 2.45) is 5.92 Å². The van der Waals surface area contributed by atoms with Crippen LogP contribution in [-0.2, 0) is 6.54 Å². The van der Waals surface area contributed by atoms with Gasteiger partial charge in [-0.25, -0.2) is 4.79 Å². The van der Waals surface area contributed by atoms with Crippen molar-refractivity contribution in [3.63, 3.8) is 0 Å². The first-order valence-electron chi connectivity index (χ1n) is 7.47. The third-order valence-corrected chi connectivity index (χ3v) is 5.68. The van der Waals surface area contributed by atoms with Gasteiger partial charge in [0.1, 0.15) is 0 Å². The quantitative estimate of drug-likeness (QED) is 0.835. The highest BCUT2D eigenvalue weighted by Crippen LogP contribution is 2.31. The van der Waals surface area contributed by atoms with Crippen LogP contribution in [0.2, 0.25) is 4.34 Å². The molecule has 6 heteroatoms. The minimum absolute atomic E-state index is 0.146. The Hall–Kier alpha value is -0.780. The number of hydrogen-bond donors (Lipinski definition) is 0. The minimum Gasteiger partial charge on any atom is -0.331 e. The van der Waals surface area contributed by atoms with Gasteiger partial charge in [-0.15, -0.1) is 11.3 Å². The zero-order valence-corrected chi connectivity index (χ0v) is 14.2. The second kappa shape index (κ2) is 6.15. The van der Waals surface area contributed by atoms with Crippen LogP contribution < -0.4 is 0 Å². The first-order valence-corrected chi connectivity index (χ1v) is 8.67. The van der Waals surface area contributed by atoms with Gasteiger partial charge in [0.25, 0.3) is 0 Å². The predicted octanol–water partition coefficient (Wildman–Crippen LogP) is 2.98. The van der Waals surface area contributed by atoms with Crippen molar-refractivity contribution in [3.8, 4) is 0 Å². The van der Waals surface area contributed by atoms with E-state index in [-0.39, 0.29) is 6.03 Å². The van der Waals surface area contributed by atoms with Crippen molar-refractivity contribution >= 4 is 29.0 Å². The normalized spacial score (nSPS) is 26.0. The second-order valence-corrected chi connectivity index (χ2v) is 8.11. The highest BCUT2D eigenvalue weighted by molar-refractivity contribution is 7.16. The second-order valence-electron chi connectivity index (χ2n) is 6.31. The van der Waals surface area contributed by atoms with E-state index in [9.17, 15) is 4.79 Å². The Bertz CT molecular complexity index is 519. The molecule has 0 radical (unpaired) electrons.